The van der Waals surface area contributed by atoms with Crippen molar-refractivity contribution in [3.8, 4) is 11.5 Å². The summed E-state index contributed by atoms with van der Waals surface area (Å²) in [4.78, 5) is 12.2. The summed E-state index contributed by atoms with van der Waals surface area (Å²) in [5.74, 6) is 0.835. The predicted octanol–water partition coefficient (Wildman–Crippen LogP) is 5.29. The molecule has 3 aromatic rings. The number of hydrogen-bond donors (Lipinski definition) is 2. The molecule has 0 aromatic heterocycles. The Bertz CT molecular complexity index is 991. The van der Waals surface area contributed by atoms with Crippen LogP contribution in [-0.2, 0) is 11.3 Å². The van der Waals surface area contributed by atoms with E-state index in [-0.39, 0.29) is 12.5 Å². The largest absolute Gasteiger partial charge is 0.493 e. The van der Waals surface area contributed by atoms with Crippen molar-refractivity contribution < 1.29 is 14.3 Å². The van der Waals surface area contributed by atoms with Crippen LogP contribution in [-0.4, -0.2) is 19.6 Å². The lowest BCUT2D eigenvalue weighted by molar-refractivity contribution is -0.118. The fourth-order valence-corrected chi connectivity index (χ4v) is 3.01. The Morgan fingerprint density at radius 1 is 1.00 bits per heavy atom. The summed E-state index contributed by atoms with van der Waals surface area (Å²) in [7, 11) is 1.57. The van der Waals surface area contributed by atoms with Crippen molar-refractivity contribution in [3.63, 3.8) is 0 Å². The number of para-hydroxylation sites is 1. The molecule has 0 fully saturated rings. The van der Waals surface area contributed by atoms with Crippen LogP contribution < -0.4 is 20.1 Å². The molecule has 1 amide bonds. The topological polar surface area (TPSA) is 59.6 Å². The molecule has 6 heteroatoms. The monoisotopic (exact) mass is 410 g/mol. The second-order valence-electron chi connectivity index (χ2n) is 6.52. The van der Waals surface area contributed by atoms with Crippen molar-refractivity contribution in [3.05, 3.63) is 82.9 Å². The zero-order chi connectivity index (χ0) is 20.6. The SMILES string of the molecule is COc1cc(CNc2ccccc2Cl)ccc1OCC(=O)Nc1cccc(C)c1. The van der Waals surface area contributed by atoms with Gasteiger partial charge in [0, 0.05) is 12.2 Å². The molecule has 0 saturated carbocycles. The third-order valence-electron chi connectivity index (χ3n) is 4.25. The molecule has 0 unspecified atom stereocenters. The van der Waals surface area contributed by atoms with Gasteiger partial charge in [-0.15, -0.1) is 0 Å². The van der Waals surface area contributed by atoms with Crippen LogP contribution in [0.4, 0.5) is 11.4 Å². The second-order valence-corrected chi connectivity index (χ2v) is 6.93. The van der Waals surface area contributed by atoms with Crippen LogP contribution >= 0.6 is 11.6 Å². The van der Waals surface area contributed by atoms with Crippen LogP contribution in [0.3, 0.4) is 0 Å². The Labute approximate surface area is 175 Å². The van der Waals surface area contributed by atoms with E-state index in [4.69, 9.17) is 21.1 Å². The predicted molar refractivity (Wildman–Crippen MR) is 117 cm³/mol. The number of carbonyl (C=O) groups is 1. The molecule has 0 aliphatic heterocycles. The van der Waals surface area contributed by atoms with E-state index in [9.17, 15) is 4.79 Å². The molecule has 150 valence electrons. The highest BCUT2D eigenvalue weighted by atomic mass is 35.5. The Hall–Kier alpha value is -3.18. The van der Waals surface area contributed by atoms with Gasteiger partial charge in [-0.1, -0.05) is 41.9 Å². The van der Waals surface area contributed by atoms with E-state index in [2.05, 4.69) is 10.6 Å². The first-order chi connectivity index (χ1) is 14.0. The second kappa shape index (κ2) is 9.85. The quantitative estimate of drug-likeness (QED) is 0.530. The highest BCUT2D eigenvalue weighted by molar-refractivity contribution is 6.33. The van der Waals surface area contributed by atoms with Crippen molar-refractivity contribution in [1.82, 2.24) is 0 Å². The van der Waals surface area contributed by atoms with E-state index >= 15 is 0 Å². The highest BCUT2D eigenvalue weighted by Gasteiger charge is 2.10. The molecule has 0 heterocycles. The molecular weight excluding hydrogens is 388 g/mol. The maximum Gasteiger partial charge on any atom is 0.262 e. The zero-order valence-electron chi connectivity index (χ0n) is 16.4. The molecule has 0 atom stereocenters. The van der Waals surface area contributed by atoms with Crippen LogP contribution in [0.25, 0.3) is 0 Å². The molecule has 2 N–H and O–H groups in total. The molecule has 3 aromatic carbocycles. The van der Waals surface area contributed by atoms with Gasteiger partial charge in [0.1, 0.15) is 0 Å². The van der Waals surface area contributed by atoms with E-state index in [0.717, 1.165) is 22.5 Å². The number of nitrogens with one attached hydrogen (secondary N) is 2. The minimum atomic E-state index is -0.234. The van der Waals surface area contributed by atoms with Gasteiger partial charge < -0.3 is 20.1 Å². The van der Waals surface area contributed by atoms with Crippen molar-refractivity contribution in [1.29, 1.82) is 0 Å². The maximum atomic E-state index is 12.2. The van der Waals surface area contributed by atoms with Gasteiger partial charge in [0.2, 0.25) is 0 Å². The van der Waals surface area contributed by atoms with Crippen molar-refractivity contribution in [2.24, 2.45) is 0 Å². The van der Waals surface area contributed by atoms with Crippen molar-refractivity contribution in [2.75, 3.05) is 24.4 Å². The summed E-state index contributed by atoms with van der Waals surface area (Å²) in [6, 6.07) is 20.8. The standard InChI is InChI=1S/C23H23ClN2O3/c1-16-6-5-7-18(12-16)26-23(27)15-29-21-11-10-17(13-22(21)28-2)14-25-20-9-4-3-8-19(20)24/h3-13,25H,14-15H2,1-2H3,(H,26,27). The average Bonchev–Trinajstić information content (AvgIpc) is 2.72. The van der Waals surface area contributed by atoms with Gasteiger partial charge in [0.25, 0.3) is 5.91 Å². The fourth-order valence-electron chi connectivity index (χ4n) is 2.81. The van der Waals surface area contributed by atoms with Crippen LogP contribution in [0.1, 0.15) is 11.1 Å². The summed E-state index contributed by atoms with van der Waals surface area (Å²) in [5.41, 5.74) is 3.68. The van der Waals surface area contributed by atoms with E-state index in [1.165, 1.54) is 0 Å². The number of aryl methyl sites for hydroxylation is 1. The van der Waals surface area contributed by atoms with Crippen LogP contribution in [0.2, 0.25) is 5.02 Å². The molecule has 5 nitrogen and oxygen atoms in total. The minimum absolute atomic E-state index is 0.110. The number of ether oxygens (including phenoxy) is 2. The zero-order valence-corrected chi connectivity index (χ0v) is 17.1. The maximum absolute atomic E-state index is 12.2. The van der Waals surface area contributed by atoms with Gasteiger partial charge in [0.15, 0.2) is 18.1 Å². The van der Waals surface area contributed by atoms with Gasteiger partial charge in [0.05, 0.1) is 17.8 Å². The smallest absolute Gasteiger partial charge is 0.262 e. The van der Waals surface area contributed by atoms with Gasteiger partial charge in [-0.3, -0.25) is 4.79 Å². The number of rotatable bonds is 8. The molecule has 0 saturated heterocycles. The molecule has 0 bridgehead atoms. The van der Waals surface area contributed by atoms with E-state index in [0.29, 0.717) is 23.1 Å². The number of hydrogen-bond acceptors (Lipinski definition) is 4. The van der Waals surface area contributed by atoms with Gasteiger partial charge in [-0.05, 0) is 54.4 Å². The number of carbonyl (C=O) groups excluding carboxylic acids is 1. The lowest BCUT2D eigenvalue weighted by Gasteiger charge is -2.13. The molecule has 29 heavy (non-hydrogen) atoms. The number of benzene rings is 3. The number of amides is 1. The summed E-state index contributed by atoms with van der Waals surface area (Å²) >= 11 is 6.17. The summed E-state index contributed by atoms with van der Waals surface area (Å²) in [6.45, 7) is 2.44. The van der Waals surface area contributed by atoms with E-state index in [1.54, 1.807) is 13.2 Å². The van der Waals surface area contributed by atoms with E-state index in [1.807, 2.05) is 67.6 Å². The third kappa shape index (κ3) is 5.90. The third-order valence-corrected chi connectivity index (χ3v) is 4.58. The first kappa shape index (κ1) is 20.6. The van der Waals surface area contributed by atoms with Gasteiger partial charge in [-0.25, -0.2) is 0 Å². The lowest BCUT2D eigenvalue weighted by Crippen LogP contribution is -2.20. The number of methoxy groups -OCH3 is 1. The summed E-state index contributed by atoms with van der Waals surface area (Å²) in [6.07, 6.45) is 0. The number of anilines is 2. The lowest BCUT2D eigenvalue weighted by atomic mass is 10.2. The summed E-state index contributed by atoms with van der Waals surface area (Å²) in [5, 5.41) is 6.77. The minimum Gasteiger partial charge on any atom is -0.493 e. The Morgan fingerprint density at radius 2 is 1.83 bits per heavy atom. The highest BCUT2D eigenvalue weighted by Crippen LogP contribution is 2.29. The Kier molecular flexibility index (Phi) is 6.98. The van der Waals surface area contributed by atoms with Crippen molar-refractivity contribution in [2.45, 2.75) is 13.5 Å². The van der Waals surface area contributed by atoms with E-state index < -0.39 is 0 Å². The first-order valence-electron chi connectivity index (χ1n) is 9.20. The summed E-state index contributed by atoms with van der Waals surface area (Å²) < 4.78 is 11.1. The molecule has 0 spiro atoms. The molecule has 0 radical (unpaired) electrons. The van der Waals surface area contributed by atoms with Gasteiger partial charge in [-0.2, -0.15) is 0 Å². The molecule has 3 rings (SSSR count). The normalized spacial score (nSPS) is 10.3. The van der Waals surface area contributed by atoms with Crippen LogP contribution in [0, 0.1) is 6.92 Å². The molecular formula is C23H23ClN2O3. The molecule has 0 aliphatic carbocycles. The average molecular weight is 411 g/mol. The molecule has 0 aliphatic rings. The Morgan fingerprint density at radius 3 is 2.59 bits per heavy atom. The number of halogens is 1. The van der Waals surface area contributed by atoms with Gasteiger partial charge >= 0.3 is 0 Å². The fraction of sp³-hybridized carbons (Fsp3) is 0.174. The van der Waals surface area contributed by atoms with Crippen LogP contribution in [0.15, 0.2) is 66.7 Å². The van der Waals surface area contributed by atoms with Crippen LogP contribution in [0.5, 0.6) is 11.5 Å². The van der Waals surface area contributed by atoms with Crippen molar-refractivity contribution >= 4 is 28.9 Å². The Balaban J connectivity index is 1.58. The first-order valence-corrected chi connectivity index (χ1v) is 9.57.